The van der Waals surface area contributed by atoms with Gasteiger partial charge in [0.15, 0.2) is 11.5 Å². The molecule has 4 bridgehead atoms. The number of amides is 3. The Balaban J connectivity index is 1.41. The number of piperidine rings is 1. The van der Waals surface area contributed by atoms with E-state index in [1.54, 1.807) is 19.1 Å². The zero-order chi connectivity index (χ0) is 32.5. The molecule has 46 heavy (non-hydrogen) atoms. The lowest BCUT2D eigenvalue weighted by atomic mass is 10.0. The van der Waals surface area contributed by atoms with Crippen molar-refractivity contribution in [3.05, 3.63) is 82.0 Å². The Morgan fingerprint density at radius 2 is 1.93 bits per heavy atom. The Labute approximate surface area is 266 Å². The molecule has 2 N–H and O–H groups in total. The quantitative estimate of drug-likeness (QED) is 0.390. The molecule has 1 fully saturated rings. The topological polar surface area (TPSA) is 152 Å². The van der Waals surface area contributed by atoms with Crippen molar-refractivity contribution in [2.75, 3.05) is 47.0 Å². The Morgan fingerprint density at radius 3 is 2.74 bits per heavy atom. The monoisotopic (exact) mass is 633 g/mol. The molecule has 244 valence electrons. The molecule has 0 saturated carbocycles. The van der Waals surface area contributed by atoms with Crippen LogP contribution in [0.1, 0.15) is 40.9 Å². The first-order chi connectivity index (χ1) is 22.3. The van der Waals surface area contributed by atoms with Crippen LogP contribution in [-0.4, -0.2) is 96.6 Å². The number of benzene rings is 2. The van der Waals surface area contributed by atoms with Gasteiger partial charge in [-0.2, -0.15) is 0 Å². The van der Waals surface area contributed by atoms with Gasteiger partial charge >= 0.3 is 0 Å². The van der Waals surface area contributed by atoms with Crippen molar-refractivity contribution < 1.29 is 33.3 Å². The first-order valence-corrected chi connectivity index (χ1v) is 15.3. The highest BCUT2D eigenvalue weighted by Crippen LogP contribution is 2.33. The minimum atomic E-state index is -0.578. The summed E-state index contributed by atoms with van der Waals surface area (Å²) in [5.74, 6) is 0.734. The van der Waals surface area contributed by atoms with E-state index in [0.717, 1.165) is 17.3 Å². The average molecular weight is 634 g/mol. The smallest absolute Gasteiger partial charge is 0.272 e. The fourth-order valence-corrected chi connectivity index (χ4v) is 5.62. The van der Waals surface area contributed by atoms with E-state index in [2.05, 4.69) is 15.3 Å². The van der Waals surface area contributed by atoms with Crippen LogP contribution in [0.2, 0.25) is 0 Å². The van der Waals surface area contributed by atoms with E-state index in [4.69, 9.17) is 18.9 Å². The number of ether oxygens (including phenoxy) is 4. The molecule has 1 aromatic heterocycles. The number of methoxy groups -OCH3 is 2. The highest BCUT2D eigenvalue weighted by Gasteiger charge is 2.34. The Kier molecular flexibility index (Phi) is 11.0. The molecule has 0 aliphatic carbocycles. The minimum Gasteiger partial charge on any atom is -0.493 e. The second kappa shape index (κ2) is 15.5. The number of fused-ring (bicyclic) bond motifs is 9. The number of aryl methyl sites for hydroxylation is 1. The molecular formula is C33H39N5O8. The van der Waals surface area contributed by atoms with Crippen molar-refractivity contribution in [3.8, 4) is 17.2 Å². The molecule has 0 spiro atoms. The van der Waals surface area contributed by atoms with Crippen molar-refractivity contribution in [1.29, 1.82) is 0 Å². The normalized spacial score (nSPS) is 19.3. The third-order valence-electron chi connectivity index (χ3n) is 7.98. The van der Waals surface area contributed by atoms with Crippen LogP contribution < -0.4 is 20.3 Å². The molecule has 3 aliphatic heterocycles. The summed E-state index contributed by atoms with van der Waals surface area (Å²) in [5, 5.41) is 3.03. The number of aromatic amines is 1. The zero-order valence-corrected chi connectivity index (χ0v) is 26.0. The van der Waals surface area contributed by atoms with E-state index in [-0.39, 0.29) is 43.6 Å². The van der Waals surface area contributed by atoms with Crippen LogP contribution in [0.5, 0.6) is 17.2 Å². The molecular weight excluding hydrogens is 594 g/mol. The predicted octanol–water partition coefficient (Wildman–Crippen LogP) is 2.30. The second-order valence-electron chi connectivity index (χ2n) is 11.3. The maximum absolute atomic E-state index is 13.5. The number of carbonyl (C=O) groups excluding carboxylic acids is 3. The van der Waals surface area contributed by atoms with Gasteiger partial charge in [0.05, 0.1) is 44.8 Å². The van der Waals surface area contributed by atoms with Crippen molar-refractivity contribution in [2.24, 2.45) is 0 Å². The van der Waals surface area contributed by atoms with E-state index < -0.39 is 23.6 Å². The molecule has 4 heterocycles. The van der Waals surface area contributed by atoms with Gasteiger partial charge in [-0.1, -0.05) is 18.2 Å². The van der Waals surface area contributed by atoms with Crippen molar-refractivity contribution in [2.45, 2.75) is 44.4 Å². The number of nitrogens with zero attached hydrogens (tertiary/aromatic N) is 3. The van der Waals surface area contributed by atoms with E-state index >= 15 is 0 Å². The SMILES string of the molecule is COCCCN1CC(=O)N[C@H]2CN(C(=O)c3cncc(=O)[nH]3)CC[C@H]2OCc2cccc(c2)Oc2ccc(cc2OC)CCC1=O. The lowest BCUT2D eigenvalue weighted by Crippen LogP contribution is -2.58. The van der Waals surface area contributed by atoms with Crippen LogP contribution in [0.15, 0.2) is 59.7 Å². The maximum Gasteiger partial charge on any atom is 0.272 e. The van der Waals surface area contributed by atoms with Crippen LogP contribution in [0, 0.1) is 0 Å². The van der Waals surface area contributed by atoms with Gasteiger partial charge in [-0.25, -0.2) is 0 Å². The molecule has 2 atom stereocenters. The molecule has 2 aromatic carbocycles. The number of nitrogens with one attached hydrogen (secondary N) is 2. The minimum absolute atomic E-state index is 0.0614. The van der Waals surface area contributed by atoms with Gasteiger partial charge in [-0.15, -0.1) is 0 Å². The molecule has 1 saturated heterocycles. The van der Waals surface area contributed by atoms with Crippen molar-refractivity contribution in [1.82, 2.24) is 25.1 Å². The van der Waals surface area contributed by atoms with Crippen LogP contribution in [0.4, 0.5) is 0 Å². The number of likely N-dealkylation sites (tertiary alicyclic amines) is 1. The molecule has 0 radical (unpaired) electrons. The number of carbonyl (C=O) groups is 3. The summed E-state index contributed by atoms with van der Waals surface area (Å²) in [6.07, 6.45) is 3.59. The van der Waals surface area contributed by atoms with E-state index in [9.17, 15) is 19.2 Å². The molecule has 3 aromatic rings. The van der Waals surface area contributed by atoms with Gasteiger partial charge in [-0.3, -0.25) is 24.2 Å². The van der Waals surface area contributed by atoms with Crippen LogP contribution in [0.3, 0.4) is 0 Å². The molecule has 3 amide bonds. The zero-order valence-electron chi connectivity index (χ0n) is 26.0. The summed E-state index contributed by atoms with van der Waals surface area (Å²) in [7, 11) is 3.16. The largest absolute Gasteiger partial charge is 0.493 e. The van der Waals surface area contributed by atoms with E-state index in [0.29, 0.717) is 56.2 Å². The number of hydrogen-bond donors (Lipinski definition) is 2. The van der Waals surface area contributed by atoms with Gasteiger partial charge in [0.25, 0.3) is 11.5 Å². The second-order valence-corrected chi connectivity index (χ2v) is 11.3. The Hall–Kier alpha value is -4.75. The van der Waals surface area contributed by atoms with Gasteiger partial charge < -0.3 is 39.0 Å². The highest BCUT2D eigenvalue weighted by molar-refractivity contribution is 5.92. The summed E-state index contributed by atoms with van der Waals surface area (Å²) in [4.78, 5) is 61.4. The third kappa shape index (κ3) is 8.49. The van der Waals surface area contributed by atoms with Crippen LogP contribution >= 0.6 is 0 Å². The fraction of sp³-hybridized carbons (Fsp3) is 0.424. The van der Waals surface area contributed by atoms with Gasteiger partial charge in [0, 0.05) is 39.8 Å². The van der Waals surface area contributed by atoms with Crippen molar-refractivity contribution >= 4 is 17.7 Å². The summed E-state index contributed by atoms with van der Waals surface area (Å²) in [5.41, 5.74) is 1.33. The number of aromatic nitrogens is 2. The highest BCUT2D eigenvalue weighted by atomic mass is 16.5. The molecule has 0 unspecified atom stereocenters. The standard InChI is InChI=1S/C33H39N5O8/c1-43-14-4-12-37-20-31(40)36-26-19-38(33(42)25-17-34-18-30(39)35-25)13-11-27(26)45-21-23-5-3-6-24(15-23)46-28-9-7-22(8-10-32(37)41)16-29(28)44-2/h3,5-7,9,15-18,26-27H,4,8,10-14,19-21H2,1-2H3,(H,35,39)(H,36,40)/t26-,27+/m0/s1. The first-order valence-electron chi connectivity index (χ1n) is 15.3. The number of rotatable bonds is 6. The lowest BCUT2D eigenvalue weighted by Gasteiger charge is -2.39. The van der Waals surface area contributed by atoms with Crippen molar-refractivity contribution in [3.63, 3.8) is 0 Å². The van der Waals surface area contributed by atoms with E-state index in [1.165, 1.54) is 11.1 Å². The molecule has 13 nitrogen and oxygen atoms in total. The van der Waals surface area contributed by atoms with E-state index in [1.807, 2.05) is 42.5 Å². The van der Waals surface area contributed by atoms with Gasteiger partial charge in [0.1, 0.15) is 11.4 Å². The number of H-pyrrole nitrogens is 1. The summed E-state index contributed by atoms with van der Waals surface area (Å²) < 4.78 is 23.3. The molecule has 3 aliphatic rings. The summed E-state index contributed by atoms with van der Waals surface area (Å²) in [6.45, 7) is 1.34. The summed E-state index contributed by atoms with van der Waals surface area (Å²) in [6, 6.07) is 12.5. The lowest BCUT2D eigenvalue weighted by molar-refractivity contribution is -0.137. The van der Waals surface area contributed by atoms with Gasteiger partial charge in [-0.05, 0) is 54.7 Å². The first kappa shape index (κ1) is 32.6. The molecule has 6 rings (SSSR count). The van der Waals surface area contributed by atoms with Crippen LogP contribution in [0.25, 0.3) is 0 Å². The predicted molar refractivity (Wildman–Crippen MR) is 167 cm³/mol. The Morgan fingerprint density at radius 1 is 1.07 bits per heavy atom. The maximum atomic E-state index is 13.5. The van der Waals surface area contributed by atoms with Crippen LogP contribution in [-0.2, 0) is 32.1 Å². The third-order valence-corrected chi connectivity index (χ3v) is 7.98. The Bertz CT molecular complexity index is 1590. The average Bonchev–Trinajstić information content (AvgIpc) is 3.06. The van der Waals surface area contributed by atoms with Gasteiger partial charge in [0.2, 0.25) is 11.8 Å². The number of hydrogen-bond acceptors (Lipinski definition) is 9. The fourth-order valence-electron chi connectivity index (χ4n) is 5.62. The summed E-state index contributed by atoms with van der Waals surface area (Å²) >= 11 is 0. The molecule has 13 heteroatoms.